The van der Waals surface area contributed by atoms with Gasteiger partial charge in [0.1, 0.15) is 5.82 Å². The Morgan fingerprint density at radius 3 is 2.36 bits per heavy atom. The van der Waals surface area contributed by atoms with Gasteiger partial charge < -0.3 is 5.32 Å². The third-order valence-corrected chi connectivity index (χ3v) is 5.82. The minimum absolute atomic E-state index is 0.159. The van der Waals surface area contributed by atoms with Crippen molar-refractivity contribution >= 4 is 21.6 Å². The molecule has 0 saturated heterocycles. The first-order chi connectivity index (χ1) is 11.7. The maximum Gasteiger partial charge on any atom is 0.243 e. The predicted octanol–water partition coefficient (Wildman–Crippen LogP) is 3.09. The number of nitrogens with one attached hydrogen (secondary N) is 1. The number of likely N-dealkylation sites (N-methyl/N-ethyl adjacent to an activating group) is 1. The maximum atomic E-state index is 12.9. The summed E-state index contributed by atoms with van der Waals surface area (Å²) in [6, 6.07) is 10.5. The number of halogens is 1. The van der Waals surface area contributed by atoms with Crippen LogP contribution in [0.3, 0.4) is 0 Å². The van der Waals surface area contributed by atoms with E-state index in [4.69, 9.17) is 0 Å². The highest BCUT2D eigenvalue weighted by Gasteiger charge is 2.26. The minimum Gasteiger partial charge on any atom is -0.325 e. The summed E-state index contributed by atoms with van der Waals surface area (Å²) in [6.07, 6.45) is 0. The molecule has 2 rings (SSSR count). The highest BCUT2D eigenvalue weighted by molar-refractivity contribution is 7.89. The molecule has 0 spiro atoms. The van der Waals surface area contributed by atoms with Gasteiger partial charge in [-0.3, -0.25) is 4.79 Å². The van der Waals surface area contributed by atoms with Crippen molar-refractivity contribution in [3.05, 3.63) is 59.4 Å². The Balaban J connectivity index is 2.19. The van der Waals surface area contributed by atoms with Gasteiger partial charge >= 0.3 is 0 Å². The van der Waals surface area contributed by atoms with Crippen LogP contribution in [0.15, 0.2) is 47.4 Å². The molecule has 25 heavy (non-hydrogen) atoms. The highest BCUT2D eigenvalue weighted by Crippen LogP contribution is 2.21. The second-order valence-electron chi connectivity index (χ2n) is 5.76. The summed E-state index contributed by atoms with van der Waals surface area (Å²) in [4.78, 5) is 12.4. The molecule has 0 aromatic heterocycles. The lowest BCUT2D eigenvalue weighted by Crippen LogP contribution is -2.38. The number of hydrogen-bond donors (Lipinski definition) is 1. The van der Waals surface area contributed by atoms with Crippen LogP contribution in [0.1, 0.15) is 18.1 Å². The van der Waals surface area contributed by atoms with Crippen LogP contribution in [-0.2, 0) is 14.8 Å². The Labute approximate surface area is 147 Å². The summed E-state index contributed by atoms with van der Waals surface area (Å²) in [5.41, 5.74) is 1.87. The summed E-state index contributed by atoms with van der Waals surface area (Å²) < 4.78 is 39.8. The van der Waals surface area contributed by atoms with Gasteiger partial charge in [-0.05, 0) is 55.3 Å². The molecule has 1 N–H and O–H groups in total. The summed E-state index contributed by atoms with van der Waals surface area (Å²) >= 11 is 0. The smallest absolute Gasteiger partial charge is 0.243 e. The number of sulfonamides is 1. The first kappa shape index (κ1) is 19.1. The topological polar surface area (TPSA) is 66.5 Å². The minimum atomic E-state index is -3.79. The number of hydrogen-bond acceptors (Lipinski definition) is 3. The molecule has 0 aliphatic heterocycles. The van der Waals surface area contributed by atoms with Crippen LogP contribution in [0.5, 0.6) is 0 Å². The Morgan fingerprint density at radius 2 is 1.76 bits per heavy atom. The van der Waals surface area contributed by atoms with E-state index < -0.39 is 21.7 Å². The monoisotopic (exact) mass is 364 g/mol. The first-order valence-electron chi connectivity index (χ1n) is 7.87. The zero-order chi connectivity index (χ0) is 18.6. The molecule has 2 aromatic rings. The number of anilines is 1. The van der Waals surface area contributed by atoms with Crippen molar-refractivity contribution in [3.63, 3.8) is 0 Å². The summed E-state index contributed by atoms with van der Waals surface area (Å²) in [5, 5.41) is 2.57. The van der Waals surface area contributed by atoms with Crippen molar-refractivity contribution in [1.29, 1.82) is 0 Å². The van der Waals surface area contributed by atoms with Gasteiger partial charge in [-0.15, -0.1) is 0 Å². The van der Waals surface area contributed by atoms with E-state index in [9.17, 15) is 17.6 Å². The summed E-state index contributed by atoms with van der Waals surface area (Å²) in [5.74, 6) is -0.895. The molecule has 0 saturated carbocycles. The number of amides is 1. The van der Waals surface area contributed by atoms with Gasteiger partial charge in [0.2, 0.25) is 15.9 Å². The van der Waals surface area contributed by atoms with Crippen molar-refractivity contribution in [2.45, 2.75) is 25.7 Å². The highest BCUT2D eigenvalue weighted by atomic mass is 32.2. The van der Waals surface area contributed by atoms with E-state index in [0.29, 0.717) is 11.3 Å². The van der Waals surface area contributed by atoms with Crippen LogP contribution >= 0.6 is 0 Å². The Bertz CT molecular complexity index is 864. The normalized spacial score (nSPS) is 11.6. The van der Waals surface area contributed by atoms with Gasteiger partial charge in [-0.25, -0.2) is 12.8 Å². The average Bonchev–Trinajstić information content (AvgIpc) is 2.56. The molecule has 5 nitrogen and oxygen atoms in total. The van der Waals surface area contributed by atoms with Gasteiger partial charge in [0.05, 0.1) is 11.4 Å². The van der Waals surface area contributed by atoms with Crippen LogP contribution < -0.4 is 5.32 Å². The summed E-state index contributed by atoms with van der Waals surface area (Å²) in [7, 11) is -3.79. The number of carbonyl (C=O) groups excluding carboxylic acids is 1. The Kier molecular flexibility index (Phi) is 5.92. The van der Waals surface area contributed by atoms with E-state index in [1.807, 2.05) is 13.0 Å². The fourth-order valence-corrected chi connectivity index (χ4v) is 4.10. The van der Waals surface area contributed by atoms with E-state index in [1.165, 1.54) is 24.3 Å². The van der Waals surface area contributed by atoms with E-state index in [-0.39, 0.29) is 18.0 Å². The van der Waals surface area contributed by atoms with Crippen molar-refractivity contribution < 1.29 is 17.6 Å². The zero-order valence-corrected chi connectivity index (χ0v) is 15.2. The van der Waals surface area contributed by atoms with Gasteiger partial charge in [0.25, 0.3) is 0 Å². The predicted molar refractivity (Wildman–Crippen MR) is 95.4 cm³/mol. The third-order valence-electron chi connectivity index (χ3n) is 3.76. The molecule has 0 atom stereocenters. The lowest BCUT2D eigenvalue weighted by molar-refractivity contribution is -0.116. The van der Waals surface area contributed by atoms with Gasteiger partial charge in [-0.2, -0.15) is 4.31 Å². The largest absolute Gasteiger partial charge is 0.325 e. The molecule has 0 aliphatic rings. The quantitative estimate of drug-likeness (QED) is 0.856. The number of benzene rings is 2. The fourth-order valence-electron chi connectivity index (χ4n) is 2.38. The van der Waals surface area contributed by atoms with Crippen molar-refractivity contribution in [1.82, 2.24) is 4.31 Å². The zero-order valence-electron chi connectivity index (χ0n) is 14.4. The molecular formula is C18H21FN2O3S. The van der Waals surface area contributed by atoms with E-state index in [2.05, 4.69) is 5.32 Å². The van der Waals surface area contributed by atoms with Crippen LogP contribution in [0, 0.1) is 19.7 Å². The number of aryl methyl sites for hydroxylation is 2. The van der Waals surface area contributed by atoms with E-state index in [1.54, 1.807) is 26.0 Å². The molecule has 1 amide bonds. The number of nitrogens with zero attached hydrogens (tertiary/aromatic N) is 1. The Hall–Kier alpha value is -2.25. The van der Waals surface area contributed by atoms with Crippen LogP contribution in [0.2, 0.25) is 0 Å². The fraction of sp³-hybridized carbons (Fsp3) is 0.278. The van der Waals surface area contributed by atoms with E-state index >= 15 is 0 Å². The maximum absolute atomic E-state index is 12.9. The molecule has 2 aromatic carbocycles. The summed E-state index contributed by atoms with van der Waals surface area (Å²) in [6.45, 7) is 5.05. The molecule has 7 heteroatoms. The average molecular weight is 364 g/mol. The van der Waals surface area contributed by atoms with Crippen LogP contribution in [-0.4, -0.2) is 31.7 Å². The molecule has 0 fully saturated rings. The van der Waals surface area contributed by atoms with Crippen molar-refractivity contribution in [3.8, 4) is 0 Å². The van der Waals surface area contributed by atoms with Gasteiger partial charge in [-0.1, -0.05) is 19.1 Å². The van der Waals surface area contributed by atoms with Gasteiger partial charge in [0.15, 0.2) is 0 Å². The second-order valence-corrected chi connectivity index (χ2v) is 7.66. The van der Waals surface area contributed by atoms with Crippen molar-refractivity contribution in [2.24, 2.45) is 0 Å². The van der Waals surface area contributed by atoms with Crippen LogP contribution in [0.4, 0.5) is 10.1 Å². The second kappa shape index (κ2) is 7.76. The third kappa shape index (κ3) is 4.64. The molecule has 0 unspecified atom stereocenters. The molecule has 0 aliphatic carbocycles. The van der Waals surface area contributed by atoms with Crippen LogP contribution in [0.25, 0.3) is 0 Å². The molecule has 0 heterocycles. The number of rotatable bonds is 6. The molecular weight excluding hydrogens is 343 g/mol. The Morgan fingerprint density at radius 1 is 1.12 bits per heavy atom. The molecule has 0 radical (unpaired) electrons. The molecule has 0 bridgehead atoms. The SMILES string of the molecule is CCN(CC(=O)Nc1ccc(F)cc1)S(=O)(=O)c1cc(C)ccc1C. The van der Waals surface area contributed by atoms with Gasteiger partial charge in [0, 0.05) is 12.2 Å². The standard InChI is InChI=1S/C18H21FN2O3S/c1-4-21(12-18(22)20-16-9-7-15(19)8-10-16)25(23,24)17-11-13(2)5-6-14(17)3/h5-11H,4,12H2,1-3H3,(H,20,22). The van der Waals surface area contributed by atoms with Crippen molar-refractivity contribution in [2.75, 3.05) is 18.4 Å². The number of carbonyl (C=O) groups is 1. The molecule has 134 valence electrons. The lowest BCUT2D eigenvalue weighted by Gasteiger charge is -2.21. The lowest BCUT2D eigenvalue weighted by atomic mass is 10.2. The van der Waals surface area contributed by atoms with E-state index in [0.717, 1.165) is 9.87 Å². The first-order valence-corrected chi connectivity index (χ1v) is 9.31.